The molecule has 0 aliphatic carbocycles. The summed E-state index contributed by atoms with van der Waals surface area (Å²) in [5.41, 5.74) is 1.22. The van der Waals surface area contributed by atoms with E-state index in [1.807, 2.05) is 27.1 Å². The number of rotatable bonds is 2. The number of hydrogen-bond acceptors (Lipinski definition) is 2. The molecule has 0 rings (SSSR count). The Bertz CT molecular complexity index is 101. The minimum absolute atomic E-state index is 1.22. The molecule has 0 saturated heterocycles. The van der Waals surface area contributed by atoms with Crippen molar-refractivity contribution >= 4 is 6.72 Å². The maximum atomic E-state index is 3.64. The molecule has 0 N–H and O–H groups in total. The highest BCUT2D eigenvalue weighted by atomic mass is 15.4. The van der Waals surface area contributed by atoms with E-state index < -0.39 is 0 Å². The lowest BCUT2D eigenvalue weighted by Gasteiger charge is -2.03. The first kappa shape index (κ1) is 7.21. The highest BCUT2D eigenvalue weighted by Crippen LogP contribution is 1.91. The Labute approximate surface area is 50.5 Å². The van der Waals surface area contributed by atoms with Gasteiger partial charge in [0.2, 0.25) is 0 Å². The van der Waals surface area contributed by atoms with Crippen LogP contribution in [0.5, 0.6) is 0 Å². The Morgan fingerprint density at radius 3 is 2.25 bits per heavy atom. The minimum Gasteiger partial charge on any atom is -0.277 e. The van der Waals surface area contributed by atoms with Crippen LogP contribution in [0.2, 0.25) is 0 Å². The van der Waals surface area contributed by atoms with Crippen LogP contribution in [0.4, 0.5) is 0 Å². The summed E-state index contributed by atoms with van der Waals surface area (Å²) in [7, 11) is 1.85. The number of hydrazone groups is 1. The van der Waals surface area contributed by atoms with Gasteiger partial charge in [-0.2, -0.15) is 5.10 Å². The Kier molecular flexibility index (Phi) is 2.92. The average molecular weight is 112 g/mol. The van der Waals surface area contributed by atoms with Gasteiger partial charge in [0.25, 0.3) is 0 Å². The van der Waals surface area contributed by atoms with Crippen LogP contribution in [-0.2, 0) is 0 Å². The molecule has 2 nitrogen and oxygen atoms in total. The predicted molar refractivity (Wildman–Crippen MR) is 36.7 cm³/mol. The van der Waals surface area contributed by atoms with Crippen LogP contribution in [0.15, 0.2) is 16.9 Å². The van der Waals surface area contributed by atoms with Gasteiger partial charge >= 0.3 is 0 Å². The van der Waals surface area contributed by atoms with Crippen molar-refractivity contribution < 1.29 is 0 Å². The van der Waals surface area contributed by atoms with Crippen LogP contribution >= 0.6 is 0 Å². The van der Waals surface area contributed by atoms with E-state index in [0.717, 1.165) is 0 Å². The molecule has 8 heavy (non-hydrogen) atoms. The summed E-state index contributed by atoms with van der Waals surface area (Å²) >= 11 is 0. The van der Waals surface area contributed by atoms with Crippen LogP contribution in [0.25, 0.3) is 0 Å². The summed E-state index contributed by atoms with van der Waals surface area (Å²) in [6.45, 7) is 7.38. The van der Waals surface area contributed by atoms with Gasteiger partial charge in [0.15, 0.2) is 0 Å². The van der Waals surface area contributed by atoms with Gasteiger partial charge in [0.1, 0.15) is 0 Å². The zero-order valence-electron chi connectivity index (χ0n) is 5.68. The van der Waals surface area contributed by atoms with Gasteiger partial charge in [-0.05, 0) is 13.8 Å². The van der Waals surface area contributed by atoms with Gasteiger partial charge in [-0.3, -0.25) is 5.01 Å². The number of allylic oxidation sites excluding steroid dienone is 1. The molecule has 0 radical (unpaired) electrons. The third-order valence-electron chi connectivity index (χ3n) is 0.668. The van der Waals surface area contributed by atoms with E-state index in [9.17, 15) is 0 Å². The lowest BCUT2D eigenvalue weighted by Crippen LogP contribution is -1.99. The second-order valence-electron chi connectivity index (χ2n) is 1.92. The molecule has 0 saturated carbocycles. The van der Waals surface area contributed by atoms with E-state index in [2.05, 4.69) is 11.8 Å². The Hall–Kier alpha value is -0.790. The lowest BCUT2D eigenvalue weighted by atomic mass is 10.4. The minimum atomic E-state index is 1.22. The molecular weight excluding hydrogens is 100 g/mol. The molecule has 0 aromatic carbocycles. The SMILES string of the molecule is C=NN(C)C=C(C)C. The van der Waals surface area contributed by atoms with Crippen LogP contribution in [0.1, 0.15) is 13.8 Å². The lowest BCUT2D eigenvalue weighted by molar-refractivity contribution is 0.491. The Morgan fingerprint density at radius 1 is 1.62 bits per heavy atom. The van der Waals surface area contributed by atoms with Crippen molar-refractivity contribution in [3.63, 3.8) is 0 Å². The van der Waals surface area contributed by atoms with Gasteiger partial charge < -0.3 is 0 Å². The van der Waals surface area contributed by atoms with Gasteiger partial charge in [0.05, 0.1) is 0 Å². The molecule has 0 aliphatic heterocycles. The smallest absolute Gasteiger partial charge is 0.0296 e. The zero-order chi connectivity index (χ0) is 6.57. The third-order valence-corrected chi connectivity index (χ3v) is 0.668. The van der Waals surface area contributed by atoms with Gasteiger partial charge in [-0.15, -0.1) is 0 Å². The number of nitrogens with zero attached hydrogens (tertiary/aromatic N) is 2. The molecule has 0 spiro atoms. The van der Waals surface area contributed by atoms with Crippen molar-refractivity contribution in [3.05, 3.63) is 11.8 Å². The van der Waals surface area contributed by atoms with E-state index in [1.165, 1.54) is 5.57 Å². The Balaban J connectivity index is 3.68. The molecule has 0 atom stereocenters. The van der Waals surface area contributed by atoms with Crippen molar-refractivity contribution in [2.24, 2.45) is 5.10 Å². The topological polar surface area (TPSA) is 15.6 Å². The first-order chi connectivity index (χ1) is 3.66. The van der Waals surface area contributed by atoms with E-state index >= 15 is 0 Å². The largest absolute Gasteiger partial charge is 0.277 e. The highest BCUT2D eigenvalue weighted by Gasteiger charge is 1.79. The second-order valence-corrected chi connectivity index (χ2v) is 1.92. The summed E-state index contributed by atoms with van der Waals surface area (Å²) in [6, 6.07) is 0. The quantitative estimate of drug-likeness (QED) is 0.390. The molecule has 0 bridgehead atoms. The molecule has 0 heterocycles. The Morgan fingerprint density at radius 2 is 2.12 bits per heavy atom. The fourth-order valence-electron chi connectivity index (χ4n) is 0.414. The average Bonchev–Trinajstić information content (AvgIpc) is 1.65. The van der Waals surface area contributed by atoms with E-state index in [0.29, 0.717) is 0 Å². The van der Waals surface area contributed by atoms with Crippen LogP contribution in [0.3, 0.4) is 0 Å². The molecule has 0 unspecified atom stereocenters. The number of hydrogen-bond donors (Lipinski definition) is 0. The maximum absolute atomic E-state index is 3.64. The molecule has 2 heteroatoms. The fraction of sp³-hybridized carbons (Fsp3) is 0.500. The van der Waals surface area contributed by atoms with Crippen molar-refractivity contribution in [2.45, 2.75) is 13.8 Å². The zero-order valence-corrected chi connectivity index (χ0v) is 5.68. The first-order valence-corrected chi connectivity index (χ1v) is 2.51. The molecular formula is C6H12N2. The summed E-state index contributed by atoms with van der Waals surface area (Å²) < 4.78 is 0. The normalized spacial score (nSPS) is 7.88. The fourth-order valence-corrected chi connectivity index (χ4v) is 0.414. The summed E-state index contributed by atoms with van der Waals surface area (Å²) in [4.78, 5) is 0. The van der Waals surface area contributed by atoms with Crippen molar-refractivity contribution in [1.29, 1.82) is 0 Å². The highest BCUT2D eigenvalue weighted by molar-refractivity contribution is 5.22. The summed E-state index contributed by atoms with van der Waals surface area (Å²) in [6.07, 6.45) is 1.91. The predicted octanol–water partition coefficient (Wildman–Crippen LogP) is 1.46. The van der Waals surface area contributed by atoms with E-state index in [4.69, 9.17) is 0 Å². The van der Waals surface area contributed by atoms with E-state index in [-0.39, 0.29) is 0 Å². The molecule has 0 amide bonds. The first-order valence-electron chi connectivity index (χ1n) is 2.51. The summed E-state index contributed by atoms with van der Waals surface area (Å²) in [5, 5.41) is 5.31. The van der Waals surface area contributed by atoms with Crippen LogP contribution in [0, 0.1) is 0 Å². The van der Waals surface area contributed by atoms with Crippen molar-refractivity contribution in [2.75, 3.05) is 7.05 Å². The molecule has 0 fully saturated rings. The van der Waals surface area contributed by atoms with Crippen molar-refractivity contribution in [1.82, 2.24) is 5.01 Å². The maximum Gasteiger partial charge on any atom is 0.0296 e. The molecule has 0 aromatic heterocycles. The molecule has 46 valence electrons. The molecule has 0 aliphatic rings. The second kappa shape index (κ2) is 3.24. The van der Waals surface area contributed by atoms with Crippen LogP contribution in [-0.4, -0.2) is 18.8 Å². The van der Waals surface area contributed by atoms with Crippen LogP contribution < -0.4 is 0 Å². The van der Waals surface area contributed by atoms with Gasteiger partial charge in [-0.1, -0.05) is 5.57 Å². The standard InChI is InChI=1S/C6H12N2/c1-6(2)5-8(4)7-3/h5H,3H2,1-2,4H3. The third kappa shape index (κ3) is 3.40. The van der Waals surface area contributed by atoms with E-state index in [1.54, 1.807) is 5.01 Å². The van der Waals surface area contributed by atoms with Crippen molar-refractivity contribution in [3.8, 4) is 0 Å². The molecule has 0 aromatic rings. The van der Waals surface area contributed by atoms with Gasteiger partial charge in [0, 0.05) is 20.0 Å². The van der Waals surface area contributed by atoms with Gasteiger partial charge in [-0.25, -0.2) is 0 Å². The monoisotopic (exact) mass is 112 g/mol. The summed E-state index contributed by atoms with van der Waals surface area (Å²) in [5.74, 6) is 0.